The van der Waals surface area contributed by atoms with Crippen molar-refractivity contribution in [3.63, 3.8) is 0 Å². The highest BCUT2D eigenvalue weighted by Gasteiger charge is 2.31. The Morgan fingerprint density at radius 2 is 1.63 bits per heavy atom. The number of rotatable bonds is 7. The zero-order valence-electron chi connectivity index (χ0n) is 20.8. The molecule has 1 amide bonds. The summed E-state index contributed by atoms with van der Waals surface area (Å²) in [5.41, 5.74) is 4.92. The van der Waals surface area contributed by atoms with Crippen LogP contribution in [0.3, 0.4) is 0 Å². The SMILES string of the molecule is Cc1cccc(CNC(=O)c2ccc(Cn3nc(C)c(S(=O)(=O)N4CCCCCC4)c3C)cc2)c1. The molecule has 0 aliphatic carbocycles. The molecule has 0 unspecified atom stereocenters. The molecule has 35 heavy (non-hydrogen) atoms. The first-order chi connectivity index (χ1) is 16.8. The molecule has 2 heterocycles. The van der Waals surface area contributed by atoms with Crippen molar-refractivity contribution in [1.82, 2.24) is 19.4 Å². The maximum atomic E-state index is 13.4. The summed E-state index contributed by atoms with van der Waals surface area (Å²) < 4.78 is 30.1. The van der Waals surface area contributed by atoms with E-state index in [0.29, 0.717) is 48.0 Å². The van der Waals surface area contributed by atoms with E-state index in [-0.39, 0.29) is 5.91 Å². The largest absolute Gasteiger partial charge is 0.348 e. The van der Waals surface area contributed by atoms with E-state index in [1.165, 1.54) is 0 Å². The fourth-order valence-electron chi connectivity index (χ4n) is 4.66. The van der Waals surface area contributed by atoms with Crippen LogP contribution in [-0.4, -0.2) is 41.5 Å². The zero-order chi connectivity index (χ0) is 25.0. The van der Waals surface area contributed by atoms with Gasteiger partial charge in [0.15, 0.2) is 0 Å². The first-order valence-corrected chi connectivity index (χ1v) is 13.7. The summed E-state index contributed by atoms with van der Waals surface area (Å²) in [6.45, 7) is 7.66. The Balaban J connectivity index is 1.44. The van der Waals surface area contributed by atoms with Crippen molar-refractivity contribution in [3.8, 4) is 0 Å². The van der Waals surface area contributed by atoms with Crippen LogP contribution in [-0.2, 0) is 23.1 Å². The summed E-state index contributed by atoms with van der Waals surface area (Å²) in [7, 11) is -3.57. The second-order valence-corrected chi connectivity index (χ2v) is 11.2. The molecular weight excluding hydrogens is 460 g/mol. The average molecular weight is 495 g/mol. The van der Waals surface area contributed by atoms with E-state index in [1.807, 2.05) is 44.2 Å². The third kappa shape index (κ3) is 5.82. The monoisotopic (exact) mass is 494 g/mol. The van der Waals surface area contributed by atoms with E-state index in [1.54, 1.807) is 28.0 Å². The standard InChI is InChI=1S/C27H34N4O3S/c1-20-9-8-10-24(17-20)18-28-27(32)25-13-11-23(12-14-25)19-31-22(3)26(21(2)29-31)35(33,34)30-15-6-4-5-7-16-30/h8-14,17H,4-7,15-16,18-19H2,1-3H3,(H,28,32). The number of nitrogens with zero attached hydrogens (tertiary/aromatic N) is 3. The first kappa shape index (κ1) is 25.1. The van der Waals surface area contributed by atoms with Crippen molar-refractivity contribution in [2.75, 3.05) is 13.1 Å². The topological polar surface area (TPSA) is 84.3 Å². The summed E-state index contributed by atoms with van der Waals surface area (Å²) in [6, 6.07) is 15.4. The summed E-state index contributed by atoms with van der Waals surface area (Å²) in [6.07, 6.45) is 3.94. The summed E-state index contributed by atoms with van der Waals surface area (Å²) >= 11 is 0. The van der Waals surface area contributed by atoms with Crippen molar-refractivity contribution in [3.05, 3.63) is 82.2 Å². The fourth-order valence-corrected chi connectivity index (χ4v) is 6.55. The molecule has 0 bridgehead atoms. The van der Waals surface area contributed by atoms with Crippen LogP contribution in [0.2, 0.25) is 0 Å². The molecule has 1 aliphatic rings. The van der Waals surface area contributed by atoms with E-state index >= 15 is 0 Å². The lowest BCUT2D eigenvalue weighted by Gasteiger charge is -2.20. The Kier molecular flexibility index (Phi) is 7.72. The van der Waals surface area contributed by atoms with Gasteiger partial charge in [-0.3, -0.25) is 9.48 Å². The molecular formula is C27H34N4O3S. The maximum absolute atomic E-state index is 13.4. The molecule has 7 nitrogen and oxygen atoms in total. The predicted molar refractivity (Wildman–Crippen MR) is 137 cm³/mol. The number of nitrogens with one attached hydrogen (secondary N) is 1. The molecule has 8 heteroatoms. The van der Waals surface area contributed by atoms with Crippen molar-refractivity contribution in [1.29, 1.82) is 0 Å². The summed E-state index contributed by atoms with van der Waals surface area (Å²) in [4.78, 5) is 12.9. The number of hydrogen-bond acceptors (Lipinski definition) is 4. The molecule has 2 aromatic carbocycles. The van der Waals surface area contributed by atoms with Gasteiger partial charge in [-0.25, -0.2) is 8.42 Å². The Morgan fingerprint density at radius 1 is 0.943 bits per heavy atom. The Hall–Kier alpha value is -2.97. The van der Waals surface area contributed by atoms with Gasteiger partial charge >= 0.3 is 0 Å². The average Bonchev–Trinajstić information content (AvgIpc) is 3.00. The van der Waals surface area contributed by atoms with Gasteiger partial charge in [0.25, 0.3) is 5.91 Å². The normalized spacial score (nSPS) is 15.1. The van der Waals surface area contributed by atoms with E-state index in [0.717, 1.165) is 42.4 Å². The molecule has 1 aliphatic heterocycles. The number of benzene rings is 2. The minimum absolute atomic E-state index is 0.130. The molecule has 1 saturated heterocycles. The van der Waals surface area contributed by atoms with Crippen molar-refractivity contribution < 1.29 is 13.2 Å². The minimum atomic E-state index is -3.57. The molecule has 0 saturated carbocycles. The van der Waals surface area contributed by atoms with Gasteiger partial charge in [-0.1, -0.05) is 54.8 Å². The molecule has 186 valence electrons. The highest BCUT2D eigenvalue weighted by atomic mass is 32.2. The molecule has 3 aromatic rings. The van der Waals surface area contributed by atoms with Crippen LogP contribution in [0.15, 0.2) is 53.4 Å². The van der Waals surface area contributed by atoms with Gasteiger partial charge in [0, 0.05) is 25.2 Å². The molecule has 0 radical (unpaired) electrons. The number of carbonyl (C=O) groups is 1. The van der Waals surface area contributed by atoms with Crippen LogP contribution < -0.4 is 5.32 Å². The summed E-state index contributed by atoms with van der Waals surface area (Å²) in [5.74, 6) is -0.130. The van der Waals surface area contributed by atoms with Crippen LogP contribution >= 0.6 is 0 Å². The van der Waals surface area contributed by atoms with Crippen molar-refractivity contribution in [2.24, 2.45) is 0 Å². The van der Waals surface area contributed by atoms with Crippen molar-refractivity contribution in [2.45, 2.75) is 64.4 Å². The van der Waals surface area contributed by atoms with Gasteiger partial charge in [-0.15, -0.1) is 0 Å². The predicted octanol–water partition coefficient (Wildman–Crippen LogP) is 4.35. The van der Waals surface area contributed by atoms with Gasteiger partial charge in [0.1, 0.15) is 4.90 Å². The van der Waals surface area contributed by atoms with Crippen molar-refractivity contribution >= 4 is 15.9 Å². The van der Waals surface area contributed by atoms with Gasteiger partial charge in [0.05, 0.1) is 17.9 Å². The third-order valence-electron chi connectivity index (χ3n) is 6.56. The van der Waals surface area contributed by atoms with Crippen LogP contribution in [0.1, 0.15) is 64.1 Å². The van der Waals surface area contributed by atoms with E-state index < -0.39 is 10.0 Å². The number of hydrogen-bond donors (Lipinski definition) is 1. The lowest BCUT2D eigenvalue weighted by Crippen LogP contribution is -2.32. The number of sulfonamides is 1. The van der Waals surface area contributed by atoms with Crippen LogP contribution in [0.5, 0.6) is 0 Å². The van der Waals surface area contributed by atoms with Gasteiger partial charge < -0.3 is 5.32 Å². The fraction of sp³-hybridized carbons (Fsp3) is 0.407. The Morgan fingerprint density at radius 3 is 2.29 bits per heavy atom. The molecule has 1 aromatic heterocycles. The molecule has 0 atom stereocenters. The van der Waals surface area contributed by atoms with Crippen LogP contribution in [0, 0.1) is 20.8 Å². The highest BCUT2D eigenvalue weighted by molar-refractivity contribution is 7.89. The lowest BCUT2D eigenvalue weighted by molar-refractivity contribution is 0.0951. The zero-order valence-corrected chi connectivity index (χ0v) is 21.6. The van der Waals surface area contributed by atoms with Crippen LogP contribution in [0.4, 0.5) is 0 Å². The molecule has 1 fully saturated rings. The number of amides is 1. The summed E-state index contributed by atoms with van der Waals surface area (Å²) in [5, 5.41) is 7.51. The second-order valence-electron chi connectivity index (χ2n) is 9.34. The van der Waals surface area contributed by atoms with Gasteiger partial charge in [-0.2, -0.15) is 9.40 Å². The van der Waals surface area contributed by atoms with E-state index in [9.17, 15) is 13.2 Å². The Labute approximate surface area is 208 Å². The Bertz CT molecular complexity index is 1290. The number of aryl methyl sites for hydroxylation is 2. The maximum Gasteiger partial charge on any atom is 0.251 e. The van der Waals surface area contributed by atoms with Crippen LogP contribution in [0.25, 0.3) is 0 Å². The van der Waals surface area contributed by atoms with E-state index in [2.05, 4.69) is 16.5 Å². The smallest absolute Gasteiger partial charge is 0.251 e. The number of aromatic nitrogens is 2. The number of carbonyl (C=O) groups excluding carboxylic acids is 1. The molecule has 4 rings (SSSR count). The lowest BCUT2D eigenvalue weighted by atomic mass is 10.1. The highest BCUT2D eigenvalue weighted by Crippen LogP contribution is 2.26. The first-order valence-electron chi connectivity index (χ1n) is 12.2. The van der Waals surface area contributed by atoms with Gasteiger partial charge in [-0.05, 0) is 56.9 Å². The molecule has 0 spiro atoms. The van der Waals surface area contributed by atoms with E-state index in [4.69, 9.17) is 0 Å². The molecule has 1 N–H and O–H groups in total. The minimum Gasteiger partial charge on any atom is -0.348 e. The van der Waals surface area contributed by atoms with Gasteiger partial charge in [0.2, 0.25) is 10.0 Å². The quantitative estimate of drug-likeness (QED) is 0.529. The third-order valence-corrected chi connectivity index (χ3v) is 8.71. The second kappa shape index (κ2) is 10.7.